The van der Waals surface area contributed by atoms with Crippen LogP contribution < -0.4 is 0 Å². The van der Waals surface area contributed by atoms with Gasteiger partial charge in [0.1, 0.15) is 0 Å². The zero-order valence-electron chi connectivity index (χ0n) is 19.8. The first-order valence-electron chi connectivity index (χ1n) is 11.7. The Bertz CT molecular complexity index is 422. The lowest BCUT2D eigenvalue weighted by atomic mass is 9.60. The Kier molecular flexibility index (Phi) is 9.45. The molecule has 0 radical (unpaired) electrons. The van der Waals surface area contributed by atoms with E-state index in [0.29, 0.717) is 5.92 Å². The van der Waals surface area contributed by atoms with Gasteiger partial charge in [0.2, 0.25) is 0 Å². The third-order valence-corrected chi connectivity index (χ3v) is 9.03. The summed E-state index contributed by atoms with van der Waals surface area (Å²) in [5.41, 5.74) is 1.55. The van der Waals surface area contributed by atoms with Crippen molar-refractivity contribution < 1.29 is 0 Å². The van der Waals surface area contributed by atoms with Crippen molar-refractivity contribution in [3.63, 3.8) is 0 Å². The largest absolute Gasteiger partial charge is 0.0996 e. The molecule has 1 fully saturated rings. The monoisotopic (exact) mass is 362 g/mol. The van der Waals surface area contributed by atoms with Gasteiger partial charge >= 0.3 is 0 Å². The van der Waals surface area contributed by atoms with Crippen molar-refractivity contribution in [2.24, 2.45) is 59.2 Å². The van der Waals surface area contributed by atoms with E-state index in [1.807, 2.05) is 0 Å². The van der Waals surface area contributed by atoms with E-state index in [0.717, 1.165) is 53.3 Å². The molecule has 1 aliphatic rings. The first kappa shape index (κ1) is 23.8. The molecule has 1 rings (SSSR count). The molecule has 0 aliphatic heterocycles. The van der Waals surface area contributed by atoms with Crippen molar-refractivity contribution in [2.45, 2.75) is 94.9 Å². The highest BCUT2D eigenvalue weighted by Gasteiger charge is 2.39. The summed E-state index contributed by atoms with van der Waals surface area (Å²) in [4.78, 5) is 0. The summed E-state index contributed by atoms with van der Waals surface area (Å²) in [5, 5.41) is 0. The van der Waals surface area contributed by atoms with Crippen LogP contribution >= 0.6 is 0 Å². The van der Waals surface area contributed by atoms with Crippen LogP contribution in [0.25, 0.3) is 0 Å². The maximum Gasteiger partial charge on any atom is -0.0152 e. The molecule has 26 heavy (non-hydrogen) atoms. The molecule has 0 amide bonds. The standard InChI is InChI=1S/C26H50/c1-12-16(3)22(9)26(17(4)13-2)20(7)14-19(6)25-15-18(5)21(8)23(10)24(25)11/h16-19,21-26H,7,12-15H2,1-6,8-11H3. The highest BCUT2D eigenvalue weighted by molar-refractivity contribution is 5.07. The van der Waals surface area contributed by atoms with E-state index < -0.39 is 0 Å². The van der Waals surface area contributed by atoms with E-state index in [-0.39, 0.29) is 0 Å². The number of hydrogen-bond acceptors (Lipinski definition) is 0. The Morgan fingerprint density at radius 2 is 1.38 bits per heavy atom. The van der Waals surface area contributed by atoms with Crippen LogP contribution in [0.1, 0.15) is 94.9 Å². The fraction of sp³-hybridized carbons (Fsp3) is 0.923. The van der Waals surface area contributed by atoms with E-state index in [1.54, 1.807) is 5.57 Å². The second-order valence-corrected chi connectivity index (χ2v) is 10.4. The Hall–Kier alpha value is -0.260. The zero-order valence-corrected chi connectivity index (χ0v) is 19.8. The highest BCUT2D eigenvalue weighted by atomic mass is 14.4. The molecule has 0 spiro atoms. The van der Waals surface area contributed by atoms with Crippen LogP contribution in [-0.2, 0) is 0 Å². The van der Waals surface area contributed by atoms with Crippen LogP contribution in [0.2, 0.25) is 0 Å². The number of rotatable bonds is 9. The van der Waals surface area contributed by atoms with E-state index in [9.17, 15) is 0 Å². The highest BCUT2D eigenvalue weighted by Crippen LogP contribution is 2.47. The molecule has 154 valence electrons. The van der Waals surface area contributed by atoms with Crippen molar-refractivity contribution in [3.8, 4) is 0 Å². The fourth-order valence-corrected chi connectivity index (χ4v) is 5.97. The minimum atomic E-state index is 0.685. The minimum absolute atomic E-state index is 0.685. The van der Waals surface area contributed by atoms with E-state index >= 15 is 0 Å². The zero-order chi connectivity index (χ0) is 20.2. The van der Waals surface area contributed by atoms with E-state index in [4.69, 9.17) is 0 Å². The maximum atomic E-state index is 4.67. The van der Waals surface area contributed by atoms with Gasteiger partial charge in [-0.1, -0.05) is 94.2 Å². The SMILES string of the molecule is C=C(CC(C)C1CC(C)C(C)C(C)C1C)C(C(C)CC)C(C)C(C)CC. The van der Waals surface area contributed by atoms with Crippen LogP contribution in [0.3, 0.4) is 0 Å². The van der Waals surface area contributed by atoms with Crippen LogP contribution in [0, 0.1) is 59.2 Å². The van der Waals surface area contributed by atoms with Gasteiger partial charge in [-0.15, -0.1) is 0 Å². The van der Waals surface area contributed by atoms with Crippen molar-refractivity contribution in [3.05, 3.63) is 12.2 Å². The lowest BCUT2D eigenvalue weighted by Crippen LogP contribution is -2.38. The van der Waals surface area contributed by atoms with Gasteiger partial charge in [0.05, 0.1) is 0 Å². The van der Waals surface area contributed by atoms with Crippen LogP contribution in [0.5, 0.6) is 0 Å². The molecule has 1 aliphatic carbocycles. The molecular formula is C26H50. The summed E-state index contributed by atoms with van der Waals surface area (Å²) in [5.74, 6) is 8.04. The summed E-state index contributed by atoms with van der Waals surface area (Å²) < 4.78 is 0. The molecule has 0 aromatic carbocycles. The first-order valence-corrected chi connectivity index (χ1v) is 11.7. The molecule has 10 atom stereocenters. The van der Waals surface area contributed by atoms with Crippen molar-refractivity contribution in [1.82, 2.24) is 0 Å². The van der Waals surface area contributed by atoms with Gasteiger partial charge in [-0.25, -0.2) is 0 Å². The Labute approximate surface area is 166 Å². The molecule has 0 aromatic rings. The van der Waals surface area contributed by atoms with Crippen LogP contribution in [-0.4, -0.2) is 0 Å². The van der Waals surface area contributed by atoms with E-state index in [1.165, 1.54) is 25.7 Å². The molecule has 0 aromatic heterocycles. The second-order valence-electron chi connectivity index (χ2n) is 10.4. The topological polar surface area (TPSA) is 0 Å². The van der Waals surface area contributed by atoms with Crippen LogP contribution in [0.4, 0.5) is 0 Å². The molecule has 10 unspecified atom stereocenters. The molecule has 0 heteroatoms. The third kappa shape index (κ3) is 5.39. The normalized spacial score (nSPS) is 35.4. The average Bonchev–Trinajstić information content (AvgIpc) is 2.61. The fourth-order valence-electron chi connectivity index (χ4n) is 5.97. The average molecular weight is 363 g/mol. The molecule has 0 nitrogen and oxygen atoms in total. The van der Waals surface area contributed by atoms with Crippen molar-refractivity contribution in [2.75, 3.05) is 0 Å². The minimum Gasteiger partial charge on any atom is -0.0996 e. The van der Waals surface area contributed by atoms with Gasteiger partial charge in [-0.3, -0.25) is 0 Å². The predicted octanol–water partition coefficient (Wildman–Crippen LogP) is 8.48. The number of hydrogen-bond donors (Lipinski definition) is 0. The van der Waals surface area contributed by atoms with E-state index in [2.05, 4.69) is 75.8 Å². The smallest absolute Gasteiger partial charge is 0.0152 e. The molecule has 1 saturated carbocycles. The molecule has 0 bridgehead atoms. The molecule has 0 N–H and O–H groups in total. The second kappa shape index (κ2) is 10.3. The molecule has 0 saturated heterocycles. The van der Waals surface area contributed by atoms with Gasteiger partial charge in [0.15, 0.2) is 0 Å². The van der Waals surface area contributed by atoms with Crippen molar-refractivity contribution >= 4 is 0 Å². The van der Waals surface area contributed by atoms with Gasteiger partial charge in [-0.05, 0) is 72.0 Å². The Morgan fingerprint density at radius 1 is 0.846 bits per heavy atom. The molecule has 0 heterocycles. The van der Waals surface area contributed by atoms with Crippen molar-refractivity contribution in [1.29, 1.82) is 0 Å². The Morgan fingerprint density at radius 3 is 1.88 bits per heavy atom. The van der Waals surface area contributed by atoms with Gasteiger partial charge in [0.25, 0.3) is 0 Å². The first-order chi connectivity index (χ1) is 12.1. The van der Waals surface area contributed by atoms with Crippen LogP contribution in [0.15, 0.2) is 12.2 Å². The lowest BCUT2D eigenvalue weighted by molar-refractivity contribution is 0.0443. The third-order valence-electron chi connectivity index (χ3n) is 9.03. The quantitative estimate of drug-likeness (QED) is 0.361. The van der Waals surface area contributed by atoms with Gasteiger partial charge < -0.3 is 0 Å². The summed E-state index contributed by atoms with van der Waals surface area (Å²) >= 11 is 0. The predicted molar refractivity (Wildman–Crippen MR) is 119 cm³/mol. The Balaban J connectivity index is 2.87. The summed E-state index contributed by atoms with van der Waals surface area (Å²) in [6.45, 7) is 29.2. The summed E-state index contributed by atoms with van der Waals surface area (Å²) in [6, 6.07) is 0. The van der Waals surface area contributed by atoms with Gasteiger partial charge in [-0.2, -0.15) is 0 Å². The van der Waals surface area contributed by atoms with Gasteiger partial charge in [0, 0.05) is 0 Å². The number of allylic oxidation sites excluding steroid dienone is 1. The lowest BCUT2D eigenvalue weighted by Gasteiger charge is -2.46. The molecular weight excluding hydrogens is 312 g/mol. The summed E-state index contributed by atoms with van der Waals surface area (Å²) in [6.07, 6.45) is 5.20. The maximum absolute atomic E-state index is 4.67. The summed E-state index contributed by atoms with van der Waals surface area (Å²) in [7, 11) is 0.